The highest BCUT2D eigenvalue weighted by atomic mass is 16.5. The maximum Gasteiger partial charge on any atom is 0.340 e. The molecular weight excluding hydrogens is 172 g/mol. The minimum absolute atomic E-state index is 0.314. The molecule has 72 valence electrons. The van der Waals surface area contributed by atoms with Gasteiger partial charge < -0.3 is 10.5 Å². The average molecular weight is 184 g/mol. The van der Waals surface area contributed by atoms with Gasteiger partial charge in [0.05, 0.1) is 5.54 Å². The van der Waals surface area contributed by atoms with Crippen LogP contribution in [0, 0.1) is 0 Å². The summed E-state index contributed by atoms with van der Waals surface area (Å²) in [5.41, 5.74) is 5.22. The van der Waals surface area contributed by atoms with Crippen LogP contribution < -0.4 is 11.4 Å². The molecule has 0 amide bonds. The van der Waals surface area contributed by atoms with Gasteiger partial charge in [-0.05, 0) is 12.8 Å². The minimum Gasteiger partial charge on any atom is -0.381 e. The van der Waals surface area contributed by atoms with Gasteiger partial charge in [0.25, 0.3) is 0 Å². The van der Waals surface area contributed by atoms with Crippen molar-refractivity contribution in [1.29, 1.82) is 0 Å². The lowest BCUT2D eigenvalue weighted by Crippen LogP contribution is -2.43. The topological polar surface area (TPSA) is 96.8 Å². The van der Waals surface area contributed by atoms with Crippen LogP contribution in [-0.2, 0) is 10.3 Å². The first-order valence-electron chi connectivity index (χ1n) is 4.22. The summed E-state index contributed by atoms with van der Waals surface area (Å²) in [4.78, 5) is 13.4. The van der Waals surface area contributed by atoms with E-state index in [-0.39, 0.29) is 5.69 Å². The van der Waals surface area contributed by atoms with Crippen molar-refractivity contribution in [2.75, 3.05) is 13.2 Å². The molecule has 0 aromatic carbocycles. The van der Waals surface area contributed by atoms with E-state index in [1.54, 1.807) is 0 Å². The van der Waals surface area contributed by atoms with Gasteiger partial charge in [0.15, 0.2) is 5.82 Å². The van der Waals surface area contributed by atoms with Gasteiger partial charge in [-0.1, -0.05) is 0 Å². The molecule has 0 spiro atoms. The Bertz CT molecular complexity index is 336. The monoisotopic (exact) mass is 184 g/mol. The highest BCUT2D eigenvalue weighted by Crippen LogP contribution is 2.25. The molecule has 4 N–H and O–H groups in total. The quantitative estimate of drug-likeness (QED) is 0.525. The largest absolute Gasteiger partial charge is 0.381 e. The van der Waals surface area contributed by atoms with E-state index in [0.717, 1.165) is 0 Å². The Balaban J connectivity index is 2.27. The second-order valence-corrected chi connectivity index (χ2v) is 3.29. The third kappa shape index (κ3) is 1.50. The van der Waals surface area contributed by atoms with Crippen molar-refractivity contribution >= 4 is 0 Å². The second kappa shape index (κ2) is 2.97. The van der Waals surface area contributed by atoms with Gasteiger partial charge in [-0.2, -0.15) is 5.10 Å². The Morgan fingerprint density at radius 2 is 2.15 bits per heavy atom. The number of ether oxygens (including phenoxy) is 1. The second-order valence-electron chi connectivity index (χ2n) is 3.29. The predicted molar refractivity (Wildman–Crippen MR) is 45.1 cm³/mol. The fourth-order valence-electron chi connectivity index (χ4n) is 1.48. The lowest BCUT2D eigenvalue weighted by atomic mass is 9.91. The number of aromatic nitrogens is 3. The maximum absolute atomic E-state index is 10.8. The molecule has 0 aliphatic carbocycles. The Morgan fingerprint density at radius 3 is 2.69 bits per heavy atom. The summed E-state index contributed by atoms with van der Waals surface area (Å²) >= 11 is 0. The summed E-state index contributed by atoms with van der Waals surface area (Å²) in [6, 6.07) is 0. The maximum atomic E-state index is 10.8. The van der Waals surface area contributed by atoms with Crippen molar-refractivity contribution in [2.45, 2.75) is 18.4 Å². The van der Waals surface area contributed by atoms with Crippen LogP contribution in [0.15, 0.2) is 4.79 Å². The lowest BCUT2D eigenvalue weighted by Gasteiger charge is -2.30. The van der Waals surface area contributed by atoms with Gasteiger partial charge >= 0.3 is 5.69 Å². The minimum atomic E-state index is -0.530. The van der Waals surface area contributed by atoms with E-state index in [1.807, 2.05) is 0 Å². The highest BCUT2D eigenvalue weighted by Gasteiger charge is 2.33. The molecule has 6 heteroatoms. The van der Waals surface area contributed by atoms with Crippen molar-refractivity contribution in [3.8, 4) is 0 Å². The number of nitrogens with zero attached hydrogens (tertiary/aromatic N) is 1. The molecule has 0 bridgehead atoms. The Labute approximate surface area is 74.5 Å². The summed E-state index contributed by atoms with van der Waals surface area (Å²) in [5.74, 6) is 0.529. The van der Waals surface area contributed by atoms with E-state index in [4.69, 9.17) is 10.5 Å². The molecule has 0 atom stereocenters. The number of hydrogen-bond acceptors (Lipinski definition) is 4. The highest BCUT2D eigenvalue weighted by molar-refractivity contribution is 5.03. The zero-order valence-electron chi connectivity index (χ0n) is 7.17. The molecule has 1 aromatic rings. The SMILES string of the molecule is NC1(c2n[nH]c(=O)[nH]2)CCOCC1. The van der Waals surface area contributed by atoms with Crippen molar-refractivity contribution in [1.82, 2.24) is 15.2 Å². The summed E-state index contributed by atoms with van der Waals surface area (Å²) in [7, 11) is 0. The van der Waals surface area contributed by atoms with Crippen molar-refractivity contribution in [3.05, 3.63) is 16.3 Å². The molecule has 6 nitrogen and oxygen atoms in total. The number of rotatable bonds is 1. The van der Waals surface area contributed by atoms with E-state index in [1.165, 1.54) is 0 Å². The molecule has 0 radical (unpaired) electrons. The summed E-state index contributed by atoms with van der Waals surface area (Å²) in [5, 5.41) is 6.15. The zero-order chi connectivity index (χ0) is 9.31. The van der Waals surface area contributed by atoms with Gasteiger partial charge in [-0.3, -0.25) is 4.98 Å². The van der Waals surface area contributed by atoms with Gasteiger partial charge in [0.1, 0.15) is 0 Å². The van der Waals surface area contributed by atoms with Crippen LogP contribution in [0.25, 0.3) is 0 Å². The van der Waals surface area contributed by atoms with Gasteiger partial charge in [-0.15, -0.1) is 0 Å². The van der Waals surface area contributed by atoms with Gasteiger partial charge in [0.2, 0.25) is 0 Å². The zero-order valence-corrected chi connectivity index (χ0v) is 7.17. The summed E-state index contributed by atoms with van der Waals surface area (Å²) in [6.45, 7) is 1.23. The first-order chi connectivity index (χ1) is 6.21. The van der Waals surface area contributed by atoms with Crippen LogP contribution in [0.1, 0.15) is 18.7 Å². The fraction of sp³-hybridized carbons (Fsp3) is 0.714. The van der Waals surface area contributed by atoms with Crippen molar-refractivity contribution < 1.29 is 4.74 Å². The van der Waals surface area contributed by atoms with Crippen LogP contribution >= 0.6 is 0 Å². The molecule has 1 aromatic heterocycles. The third-order valence-corrected chi connectivity index (χ3v) is 2.36. The van der Waals surface area contributed by atoms with Crippen LogP contribution in [0.2, 0.25) is 0 Å². The summed E-state index contributed by atoms with van der Waals surface area (Å²) in [6.07, 6.45) is 1.38. The third-order valence-electron chi connectivity index (χ3n) is 2.36. The number of aromatic amines is 2. The number of nitrogens with one attached hydrogen (secondary N) is 2. The Kier molecular flexibility index (Phi) is 1.93. The molecular formula is C7H12N4O2. The van der Waals surface area contributed by atoms with E-state index in [9.17, 15) is 4.79 Å². The molecule has 1 fully saturated rings. The molecule has 1 aliphatic rings. The van der Waals surface area contributed by atoms with E-state index in [0.29, 0.717) is 31.9 Å². The molecule has 0 saturated carbocycles. The van der Waals surface area contributed by atoms with Crippen LogP contribution in [0.3, 0.4) is 0 Å². The Morgan fingerprint density at radius 1 is 1.46 bits per heavy atom. The molecule has 0 unspecified atom stereocenters. The van der Waals surface area contributed by atoms with Crippen LogP contribution in [-0.4, -0.2) is 28.4 Å². The van der Waals surface area contributed by atoms with Gasteiger partial charge in [-0.25, -0.2) is 9.89 Å². The number of nitrogens with two attached hydrogens (primary N) is 1. The van der Waals surface area contributed by atoms with Gasteiger partial charge in [0, 0.05) is 13.2 Å². The summed E-state index contributed by atoms with van der Waals surface area (Å²) < 4.78 is 5.18. The van der Waals surface area contributed by atoms with Crippen LogP contribution in [0.4, 0.5) is 0 Å². The fourth-order valence-corrected chi connectivity index (χ4v) is 1.48. The van der Waals surface area contributed by atoms with E-state index in [2.05, 4.69) is 15.2 Å². The van der Waals surface area contributed by atoms with Crippen LogP contribution in [0.5, 0.6) is 0 Å². The smallest absolute Gasteiger partial charge is 0.340 e. The Hall–Kier alpha value is -1.14. The standard InChI is InChI=1S/C7H12N4O2/c8-7(1-3-13-4-2-7)5-9-6(12)11-10-5/h1-4,8H2,(H2,9,10,11,12). The average Bonchev–Trinajstić information content (AvgIpc) is 2.54. The van der Waals surface area contributed by atoms with E-state index >= 15 is 0 Å². The first-order valence-corrected chi connectivity index (χ1v) is 4.22. The molecule has 1 saturated heterocycles. The normalized spacial score (nSPS) is 21.6. The molecule has 2 rings (SSSR count). The number of hydrogen-bond donors (Lipinski definition) is 3. The first kappa shape index (κ1) is 8.46. The van der Waals surface area contributed by atoms with Crippen molar-refractivity contribution in [3.63, 3.8) is 0 Å². The van der Waals surface area contributed by atoms with E-state index < -0.39 is 5.54 Å². The van der Waals surface area contributed by atoms with Crippen molar-refractivity contribution in [2.24, 2.45) is 5.73 Å². The molecule has 1 aliphatic heterocycles. The number of H-pyrrole nitrogens is 2. The predicted octanol–water partition coefficient (Wildman–Crippen LogP) is -0.938. The molecule has 2 heterocycles. The molecule has 13 heavy (non-hydrogen) atoms. The lowest BCUT2D eigenvalue weighted by molar-refractivity contribution is 0.0493.